The minimum absolute atomic E-state index is 0.00593. The first-order valence-electron chi connectivity index (χ1n) is 5.93. The lowest BCUT2D eigenvalue weighted by Crippen LogP contribution is -2.06. The molecule has 102 valence electrons. The van der Waals surface area contributed by atoms with E-state index in [1.54, 1.807) is 23.9 Å². The Kier molecular flexibility index (Phi) is 6.29. The van der Waals surface area contributed by atoms with Gasteiger partial charge in [-0.05, 0) is 18.4 Å². The van der Waals surface area contributed by atoms with Crippen molar-refractivity contribution in [1.82, 2.24) is 0 Å². The summed E-state index contributed by atoms with van der Waals surface area (Å²) in [6, 6.07) is 7.22. The third-order valence-electron chi connectivity index (χ3n) is 2.66. The lowest BCUT2D eigenvalue weighted by Gasteiger charge is -2.02. The van der Waals surface area contributed by atoms with E-state index in [1.165, 1.54) is 0 Å². The van der Waals surface area contributed by atoms with Crippen molar-refractivity contribution in [2.24, 2.45) is 0 Å². The van der Waals surface area contributed by atoms with Crippen LogP contribution in [-0.4, -0.2) is 28.9 Å². The number of Topliss-reactive ketones (excluding diaryl/α,β-unsaturated/α-hetero) is 2. The van der Waals surface area contributed by atoms with Crippen LogP contribution in [0.25, 0.3) is 0 Å². The number of hydrogen-bond donors (Lipinski definition) is 1. The van der Waals surface area contributed by atoms with Gasteiger partial charge in [0.25, 0.3) is 0 Å². The molecule has 0 radical (unpaired) electrons. The van der Waals surface area contributed by atoms with Crippen molar-refractivity contribution in [3.8, 4) is 0 Å². The van der Waals surface area contributed by atoms with Gasteiger partial charge in [-0.2, -0.15) is 0 Å². The summed E-state index contributed by atoms with van der Waals surface area (Å²) in [6.07, 6.45) is 2.02. The molecule has 1 N–H and O–H groups in total. The van der Waals surface area contributed by atoms with Crippen LogP contribution in [0.15, 0.2) is 29.2 Å². The standard InChI is InChI=1S/C14H16O4S/c1-19-12-6-2-10(3-7-12)13(16)8-4-11(15)5-9-14(17)18/h2-3,6-7H,4-5,8-9H2,1H3,(H,17,18). The zero-order valence-electron chi connectivity index (χ0n) is 10.7. The topological polar surface area (TPSA) is 71.4 Å². The molecular formula is C14H16O4S. The van der Waals surface area contributed by atoms with E-state index in [-0.39, 0.29) is 37.2 Å². The maximum Gasteiger partial charge on any atom is 0.303 e. The number of rotatable bonds is 8. The van der Waals surface area contributed by atoms with Crippen molar-refractivity contribution in [1.29, 1.82) is 0 Å². The highest BCUT2D eigenvalue weighted by Gasteiger charge is 2.10. The summed E-state index contributed by atoms with van der Waals surface area (Å²) in [5.41, 5.74) is 0.587. The van der Waals surface area contributed by atoms with Gasteiger partial charge in [0.1, 0.15) is 5.78 Å². The number of thioether (sulfide) groups is 1. The van der Waals surface area contributed by atoms with E-state index in [9.17, 15) is 14.4 Å². The first-order valence-corrected chi connectivity index (χ1v) is 7.16. The maximum absolute atomic E-state index is 11.8. The predicted molar refractivity (Wildman–Crippen MR) is 73.7 cm³/mol. The number of ketones is 2. The third-order valence-corrected chi connectivity index (χ3v) is 3.40. The van der Waals surface area contributed by atoms with Gasteiger partial charge in [0.15, 0.2) is 5.78 Å². The van der Waals surface area contributed by atoms with Crippen molar-refractivity contribution in [3.63, 3.8) is 0 Å². The fraction of sp³-hybridized carbons (Fsp3) is 0.357. The monoisotopic (exact) mass is 280 g/mol. The summed E-state index contributed by atoms with van der Waals surface area (Å²) in [5, 5.41) is 8.45. The molecule has 0 aliphatic heterocycles. The highest BCUT2D eigenvalue weighted by atomic mass is 32.2. The van der Waals surface area contributed by atoms with Gasteiger partial charge in [-0.3, -0.25) is 14.4 Å². The number of hydrogen-bond acceptors (Lipinski definition) is 4. The molecule has 5 heteroatoms. The second-order valence-electron chi connectivity index (χ2n) is 4.08. The summed E-state index contributed by atoms with van der Waals surface area (Å²) >= 11 is 1.60. The van der Waals surface area contributed by atoms with Crippen molar-refractivity contribution >= 4 is 29.3 Å². The molecule has 1 rings (SSSR count). The summed E-state index contributed by atoms with van der Waals surface area (Å²) in [6.45, 7) is 0. The SMILES string of the molecule is CSc1ccc(C(=O)CCC(=O)CCC(=O)O)cc1. The minimum Gasteiger partial charge on any atom is -0.481 e. The lowest BCUT2D eigenvalue weighted by atomic mass is 10.0. The molecule has 0 saturated heterocycles. The number of aliphatic carboxylic acids is 1. The zero-order chi connectivity index (χ0) is 14.3. The number of carboxylic acids is 1. The maximum atomic E-state index is 11.8. The van der Waals surface area contributed by atoms with E-state index in [0.717, 1.165) is 4.90 Å². The average molecular weight is 280 g/mol. The molecule has 4 nitrogen and oxygen atoms in total. The molecule has 1 aromatic carbocycles. The Morgan fingerprint density at radius 1 is 1.00 bits per heavy atom. The number of carbonyl (C=O) groups excluding carboxylic acids is 2. The molecule has 0 heterocycles. The van der Waals surface area contributed by atoms with Gasteiger partial charge in [0.05, 0.1) is 6.42 Å². The van der Waals surface area contributed by atoms with Crippen LogP contribution in [0.2, 0.25) is 0 Å². The van der Waals surface area contributed by atoms with Crippen LogP contribution < -0.4 is 0 Å². The van der Waals surface area contributed by atoms with Crippen LogP contribution in [0.3, 0.4) is 0 Å². The third kappa shape index (κ3) is 5.70. The first-order chi connectivity index (χ1) is 9.02. The molecule has 0 aromatic heterocycles. The largest absolute Gasteiger partial charge is 0.481 e. The first kappa shape index (κ1) is 15.4. The van der Waals surface area contributed by atoms with E-state index in [0.29, 0.717) is 5.56 Å². The number of carboxylic acid groups (broad SMARTS) is 1. The summed E-state index contributed by atoms with van der Waals surface area (Å²) in [7, 11) is 0. The van der Waals surface area contributed by atoms with Gasteiger partial charge in [0, 0.05) is 29.7 Å². The zero-order valence-corrected chi connectivity index (χ0v) is 11.5. The molecule has 0 atom stereocenters. The summed E-state index contributed by atoms with van der Waals surface area (Å²) in [4.78, 5) is 34.6. The molecule has 1 aromatic rings. The molecule has 0 saturated carbocycles. The molecule has 0 bridgehead atoms. The Morgan fingerprint density at radius 2 is 1.58 bits per heavy atom. The van der Waals surface area contributed by atoms with Crippen molar-refractivity contribution < 1.29 is 19.5 Å². The fourth-order valence-electron chi connectivity index (χ4n) is 1.55. The van der Waals surface area contributed by atoms with Gasteiger partial charge < -0.3 is 5.11 Å². The summed E-state index contributed by atoms with van der Waals surface area (Å²) in [5.74, 6) is -1.26. The van der Waals surface area contributed by atoms with E-state index in [1.807, 2.05) is 18.4 Å². The number of carbonyl (C=O) groups is 3. The Balaban J connectivity index is 2.42. The van der Waals surface area contributed by atoms with Crippen molar-refractivity contribution in [2.45, 2.75) is 30.6 Å². The fourth-order valence-corrected chi connectivity index (χ4v) is 1.95. The van der Waals surface area contributed by atoms with E-state index in [2.05, 4.69) is 0 Å². The van der Waals surface area contributed by atoms with E-state index in [4.69, 9.17) is 5.11 Å². The highest BCUT2D eigenvalue weighted by Crippen LogP contribution is 2.16. The second kappa shape index (κ2) is 7.74. The summed E-state index contributed by atoms with van der Waals surface area (Å²) < 4.78 is 0. The Bertz CT molecular complexity index is 465. The second-order valence-corrected chi connectivity index (χ2v) is 4.96. The molecule has 0 amide bonds. The molecule has 0 fully saturated rings. The van der Waals surface area contributed by atoms with Gasteiger partial charge in [-0.15, -0.1) is 11.8 Å². The Labute approximate surface area is 116 Å². The smallest absolute Gasteiger partial charge is 0.303 e. The van der Waals surface area contributed by atoms with E-state index < -0.39 is 5.97 Å². The quantitative estimate of drug-likeness (QED) is 0.585. The van der Waals surface area contributed by atoms with E-state index >= 15 is 0 Å². The normalized spacial score (nSPS) is 10.2. The van der Waals surface area contributed by atoms with Crippen LogP contribution in [0, 0.1) is 0 Å². The Hall–Kier alpha value is -1.62. The van der Waals surface area contributed by atoms with Gasteiger partial charge in [-0.25, -0.2) is 0 Å². The molecule has 0 aliphatic carbocycles. The average Bonchev–Trinajstić information content (AvgIpc) is 2.42. The van der Waals surface area contributed by atoms with Crippen LogP contribution >= 0.6 is 11.8 Å². The molecule has 0 unspecified atom stereocenters. The molecule has 0 spiro atoms. The van der Waals surface area contributed by atoms with Gasteiger partial charge in [0.2, 0.25) is 0 Å². The Morgan fingerprint density at radius 3 is 2.11 bits per heavy atom. The van der Waals surface area contributed by atoms with Crippen LogP contribution in [0.1, 0.15) is 36.0 Å². The van der Waals surface area contributed by atoms with Crippen molar-refractivity contribution in [3.05, 3.63) is 29.8 Å². The van der Waals surface area contributed by atoms with Crippen molar-refractivity contribution in [2.75, 3.05) is 6.26 Å². The highest BCUT2D eigenvalue weighted by molar-refractivity contribution is 7.98. The predicted octanol–water partition coefficient (Wildman–Crippen LogP) is 2.81. The lowest BCUT2D eigenvalue weighted by molar-refractivity contribution is -0.138. The minimum atomic E-state index is -0.993. The molecular weight excluding hydrogens is 264 g/mol. The number of benzene rings is 1. The molecule has 0 aliphatic rings. The molecule has 19 heavy (non-hydrogen) atoms. The van der Waals surface area contributed by atoms with Gasteiger partial charge >= 0.3 is 5.97 Å². The van der Waals surface area contributed by atoms with Gasteiger partial charge in [-0.1, -0.05) is 12.1 Å². The van der Waals surface area contributed by atoms with Crippen LogP contribution in [-0.2, 0) is 9.59 Å². The van der Waals surface area contributed by atoms with Crippen LogP contribution in [0.4, 0.5) is 0 Å². The van der Waals surface area contributed by atoms with Crippen LogP contribution in [0.5, 0.6) is 0 Å².